The van der Waals surface area contributed by atoms with Crippen LogP contribution in [0.15, 0.2) is 5.18 Å². The van der Waals surface area contributed by atoms with Crippen molar-refractivity contribution < 1.29 is 0 Å². The van der Waals surface area contributed by atoms with Crippen LogP contribution in [0.3, 0.4) is 0 Å². The van der Waals surface area contributed by atoms with E-state index in [-0.39, 0.29) is 0 Å². The van der Waals surface area contributed by atoms with Crippen LogP contribution < -0.4 is 0 Å². The van der Waals surface area contributed by atoms with Gasteiger partial charge in [-0.15, -0.1) is 0 Å². The SMILES string of the molecule is O=NCC1CCCCCCCCC1. The van der Waals surface area contributed by atoms with Gasteiger partial charge in [0, 0.05) is 0 Å². The molecule has 0 aliphatic heterocycles. The van der Waals surface area contributed by atoms with E-state index >= 15 is 0 Å². The summed E-state index contributed by atoms with van der Waals surface area (Å²) in [5, 5.41) is 3.04. The lowest BCUT2D eigenvalue weighted by Crippen LogP contribution is -2.05. The van der Waals surface area contributed by atoms with Gasteiger partial charge in [-0.3, -0.25) is 0 Å². The molecule has 1 saturated carbocycles. The largest absolute Gasteiger partial charge is 0.151 e. The molecule has 0 atom stereocenters. The van der Waals surface area contributed by atoms with Gasteiger partial charge in [0.15, 0.2) is 0 Å². The van der Waals surface area contributed by atoms with E-state index in [9.17, 15) is 4.91 Å². The summed E-state index contributed by atoms with van der Waals surface area (Å²) in [5.74, 6) is 0.593. The van der Waals surface area contributed by atoms with Crippen LogP contribution in [-0.4, -0.2) is 6.54 Å². The standard InChI is InChI=1S/C11H21NO/c13-12-10-11-8-6-4-2-1-3-5-7-9-11/h11H,1-10H2. The molecule has 0 radical (unpaired) electrons. The maximum Gasteiger partial charge on any atom is 0.0839 e. The predicted octanol–water partition coefficient (Wildman–Crippen LogP) is 3.89. The Morgan fingerprint density at radius 1 is 0.846 bits per heavy atom. The first-order valence-corrected chi connectivity index (χ1v) is 5.72. The Morgan fingerprint density at radius 3 is 1.77 bits per heavy atom. The summed E-state index contributed by atoms with van der Waals surface area (Å²) < 4.78 is 0. The maximum atomic E-state index is 10.2. The Morgan fingerprint density at radius 2 is 1.31 bits per heavy atom. The average Bonchev–Trinajstić information content (AvgIpc) is 2.16. The summed E-state index contributed by atoms with van der Waals surface area (Å²) in [6.07, 6.45) is 12.0. The average molecular weight is 183 g/mol. The lowest BCUT2D eigenvalue weighted by Gasteiger charge is -2.14. The Balaban J connectivity index is 2.21. The van der Waals surface area contributed by atoms with Crippen molar-refractivity contribution >= 4 is 0 Å². The fourth-order valence-corrected chi connectivity index (χ4v) is 2.18. The van der Waals surface area contributed by atoms with Gasteiger partial charge < -0.3 is 0 Å². The normalized spacial score (nSPS) is 22.5. The predicted molar refractivity (Wildman–Crippen MR) is 55.7 cm³/mol. The van der Waals surface area contributed by atoms with Gasteiger partial charge >= 0.3 is 0 Å². The Labute approximate surface area is 81.1 Å². The summed E-state index contributed by atoms with van der Waals surface area (Å²) in [6.45, 7) is 0.556. The molecule has 1 rings (SSSR count). The minimum atomic E-state index is 0.556. The van der Waals surface area contributed by atoms with Crippen molar-refractivity contribution in [3.05, 3.63) is 4.91 Å². The molecule has 0 aromatic heterocycles. The number of nitroso groups, excluding NO2 is 1. The summed E-state index contributed by atoms with van der Waals surface area (Å²) in [5.41, 5.74) is 0. The van der Waals surface area contributed by atoms with Crippen LogP contribution in [0.25, 0.3) is 0 Å². The topological polar surface area (TPSA) is 29.4 Å². The molecule has 2 heteroatoms. The van der Waals surface area contributed by atoms with Crippen molar-refractivity contribution in [3.8, 4) is 0 Å². The Kier molecular flexibility index (Phi) is 5.79. The molecule has 0 amide bonds. The first kappa shape index (κ1) is 10.7. The van der Waals surface area contributed by atoms with Crippen LogP contribution in [0.4, 0.5) is 0 Å². The molecule has 0 aromatic rings. The molecule has 0 aromatic carbocycles. The van der Waals surface area contributed by atoms with E-state index in [2.05, 4.69) is 5.18 Å². The van der Waals surface area contributed by atoms with Gasteiger partial charge in [0.05, 0.1) is 6.54 Å². The van der Waals surface area contributed by atoms with Gasteiger partial charge in [0.25, 0.3) is 0 Å². The van der Waals surface area contributed by atoms with E-state index in [1.807, 2.05) is 0 Å². The van der Waals surface area contributed by atoms with Crippen molar-refractivity contribution in [2.45, 2.75) is 57.8 Å². The summed E-state index contributed by atoms with van der Waals surface area (Å²) >= 11 is 0. The molecule has 76 valence electrons. The van der Waals surface area contributed by atoms with E-state index in [4.69, 9.17) is 0 Å². The molecular weight excluding hydrogens is 162 g/mol. The van der Waals surface area contributed by atoms with Crippen LogP contribution in [0.2, 0.25) is 0 Å². The van der Waals surface area contributed by atoms with E-state index in [1.54, 1.807) is 0 Å². The zero-order valence-corrected chi connectivity index (χ0v) is 8.50. The molecule has 0 spiro atoms. The monoisotopic (exact) mass is 183 g/mol. The van der Waals surface area contributed by atoms with Gasteiger partial charge in [0.1, 0.15) is 0 Å². The molecule has 1 aliphatic rings. The molecule has 13 heavy (non-hydrogen) atoms. The lowest BCUT2D eigenvalue weighted by molar-refractivity contribution is 0.396. The van der Waals surface area contributed by atoms with Crippen molar-refractivity contribution in [1.82, 2.24) is 0 Å². The van der Waals surface area contributed by atoms with Gasteiger partial charge in [-0.05, 0) is 18.8 Å². The van der Waals surface area contributed by atoms with E-state index < -0.39 is 0 Å². The Hall–Kier alpha value is -0.400. The van der Waals surface area contributed by atoms with Crippen molar-refractivity contribution in [3.63, 3.8) is 0 Å². The summed E-state index contributed by atoms with van der Waals surface area (Å²) in [6, 6.07) is 0. The zero-order valence-electron chi connectivity index (χ0n) is 8.50. The molecule has 1 fully saturated rings. The third-order valence-corrected chi connectivity index (χ3v) is 3.06. The second kappa shape index (κ2) is 7.05. The number of hydrogen-bond acceptors (Lipinski definition) is 2. The molecule has 0 unspecified atom stereocenters. The smallest absolute Gasteiger partial charge is 0.0839 e. The molecule has 0 saturated heterocycles. The lowest BCUT2D eigenvalue weighted by atomic mass is 9.92. The number of rotatable bonds is 2. The van der Waals surface area contributed by atoms with Gasteiger partial charge in [0.2, 0.25) is 0 Å². The number of nitrogens with zero attached hydrogens (tertiary/aromatic N) is 1. The van der Waals surface area contributed by atoms with E-state index in [0.29, 0.717) is 12.5 Å². The van der Waals surface area contributed by atoms with E-state index in [0.717, 1.165) is 0 Å². The highest BCUT2D eigenvalue weighted by atomic mass is 16.3. The molecule has 0 heterocycles. The second-order valence-electron chi connectivity index (χ2n) is 4.23. The van der Waals surface area contributed by atoms with Gasteiger partial charge in [-0.25, -0.2) is 0 Å². The third kappa shape index (κ3) is 5.02. The summed E-state index contributed by atoms with van der Waals surface area (Å²) in [4.78, 5) is 10.2. The molecule has 1 aliphatic carbocycles. The highest BCUT2D eigenvalue weighted by Crippen LogP contribution is 2.21. The third-order valence-electron chi connectivity index (χ3n) is 3.06. The van der Waals surface area contributed by atoms with Crippen LogP contribution >= 0.6 is 0 Å². The fraction of sp³-hybridized carbons (Fsp3) is 1.00. The highest BCUT2D eigenvalue weighted by molar-refractivity contribution is 4.64. The van der Waals surface area contributed by atoms with Crippen LogP contribution in [0, 0.1) is 10.8 Å². The van der Waals surface area contributed by atoms with Crippen LogP contribution in [0.1, 0.15) is 57.8 Å². The van der Waals surface area contributed by atoms with Gasteiger partial charge in [-0.2, -0.15) is 4.91 Å². The molecular formula is C11H21NO. The first-order chi connectivity index (χ1) is 6.43. The second-order valence-corrected chi connectivity index (χ2v) is 4.23. The minimum Gasteiger partial charge on any atom is -0.151 e. The minimum absolute atomic E-state index is 0.556. The van der Waals surface area contributed by atoms with Crippen molar-refractivity contribution in [2.24, 2.45) is 11.1 Å². The number of hydrogen-bond donors (Lipinski definition) is 0. The zero-order chi connectivity index (χ0) is 9.36. The Bertz CT molecular complexity index is 126. The van der Waals surface area contributed by atoms with Crippen LogP contribution in [-0.2, 0) is 0 Å². The first-order valence-electron chi connectivity index (χ1n) is 5.72. The van der Waals surface area contributed by atoms with E-state index in [1.165, 1.54) is 57.8 Å². The van der Waals surface area contributed by atoms with Gasteiger partial charge in [-0.1, -0.05) is 50.1 Å². The van der Waals surface area contributed by atoms with Crippen molar-refractivity contribution in [2.75, 3.05) is 6.54 Å². The highest BCUT2D eigenvalue weighted by Gasteiger charge is 2.09. The molecule has 0 bridgehead atoms. The molecule has 2 nitrogen and oxygen atoms in total. The van der Waals surface area contributed by atoms with Crippen LogP contribution in [0.5, 0.6) is 0 Å². The quantitative estimate of drug-likeness (QED) is 0.597. The van der Waals surface area contributed by atoms with Crippen molar-refractivity contribution in [1.29, 1.82) is 0 Å². The maximum absolute atomic E-state index is 10.2. The molecule has 0 N–H and O–H groups in total. The fourth-order valence-electron chi connectivity index (χ4n) is 2.18. The summed E-state index contributed by atoms with van der Waals surface area (Å²) in [7, 11) is 0.